The molecule has 5 heteroatoms. The summed E-state index contributed by atoms with van der Waals surface area (Å²) in [6, 6.07) is 4.47. The zero-order chi connectivity index (χ0) is 11.0. The van der Waals surface area contributed by atoms with Crippen LogP contribution in [0.1, 0.15) is 6.42 Å². The first-order valence-corrected chi connectivity index (χ1v) is 5.77. The maximum Gasteiger partial charge on any atom is 0.228 e. The summed E-state index contributed by atoms with van der Waals surface area (Å²) in [6.45, 7) is 0.530. The highest BCUT2D eigenvalue weighted by Gasteiger charge is 2.30. The summed E-state index contributed by atoms with van der Waals surface area (Å²) in [5.41, 5.74) is 0.448. The molecular formula is C10H8BrClFNO. The number of halogens is 3. The minimum Gasteiger partial charge on any atom is -0.310 e. The maximum atomic E-state index is 13.2. The van der Waals surface area contributed by atoms with E-state index in [0.29, 0.717) is 18.7 Å². The molecule has 0 spiro atoms. The molecule has 80 valence electrons. The minimum absolute atomic E-state index is 0.00690. The molecule has 1 atom stereocenters. The van der Waals surface area contributed by atoms with E-state index in [2.05, 4.69) is 15.9 Å². The molecule has 1 aliphatic heterocycles. The van der Waals surface area contributed by atoms with Crippen molar-refractivity contribution in [3.05, 3.63) is 29.0 Å². The van der Waals surface area contributed by atoms with E-state index in [1.807, 2.05) is 0 Å². The van der Waals surface area contributed by atoms with Crippen LogP contribution >= 0.6 is 27.5 Å². The van der Waals surface area contributed by atoms with E-state index in [0.717, 1.165) is 0 Å². The largest absolute Gasteiger partial charge is 0.310 e. The van der Waals surface area contributed by atoms with Crippen LogP contribution in [0.25, 0.3) is 0 Å². The zero-order valence-corrected chi connectivity index (χ0v) is 10.1. The number of amides is 1. The van der Waals surface area contributed by atoms with Crippen LogP contribution in [0, 0.1) is 5.82 Å². The van der Waals surface area contributed by atoms with Gasteiger partial charge >= 0.3 is 0 Å². The Hall–Kier alpha value is -0.610. The summed E-state index contributed by atoms with van der Waals surface area (Å²) >= 11 is 9.16. The highest BCUT2D eigenvalue weighted by molar-refractivity contribution is 9.09. The van der Waals surface area contributed by atoms with E-state index in [9.17, 15) is 9.18 Å². The zero-order valence-electron chi connectivity index (χ0n) is 7.71. The average Bonchev–Trinajstić information content (AvgIpc) is 2.50. The number of carbonyl (C=O) groups is 1. The van der Waals surface area contributed by atoms with Crippen LogP contribution in [0.15, 0.2) is 18.2 Å². The van der Waals surface area contributed by atoms with Gasteiger partial charge in [0.2, 0.25) is 5.91 Å². The van der Waals surface area contributed by atoms with Gasteiger partial charge in [-0.15, -0.1) is 0 Å². The lowest BCUT2D eigenvalue weighted by molar-refractivity contribution is -0.117. The summed E-state index contributed by atoms with van der Waals surface area (Å²) in [7, 11) is 0. The summed E-state index contributed by atoms with van der Waals surface area (Å²) in [6.07, 6.45) is 0.423. The molecule has 2 nitrogen and oxygen atoms in total. The second-order valence-electron chi connectivity index (χ2n) is 3.38. The SMILES string of the molecule is O=C1CC(Br)CN1c1cccc(F)c1Cl. The molecule has 0 saturated carbocycles. The van der Waals surface area contributed by atoms with Gasteiger partial charge in [-0.2, -0.15) is 0 Å². The predicted molar refractivity (Wildman–Crippen MR) is 61.1 cm³/mol. The third kappa shape index (κ3) is 2.01. The fourth-order valence-corrected chi connectivity index (χ4v) is 2.39. The van der Waals surface area contributed by atoms with Gasteiger partial charge in [0.15, 0.2) is 0 Å². The van der Waals surface area contributed by atoms with Crippen molar-refractivity contribution >= 4 is 39.1 Å². The Balaban J connectivity index is 2.38. The third-order valence-electron chi connectivity index (χ3n) is 2.30. The molecule has 1 heterocycles. The minimum atomic E-state index is -0.500. The van der Waals surface area contributed by atoms with Crippen LogP contribution in [0.3, 0.4) is 0 Å². The molecular weight excluding hydrogens is 284 g/mol. The second kappa shape index (κ2) is 4.10. The van der Waals surface area contributed by atoms with Crippen molar-refractivity contribution in [1.29, 1.82) is 0 Å². The van der Waals surface area contributed by atoms with Crippen molar-refractivity contribution in [1.82, 2.24) is 0 Å². The van der Waals surface area contributed by atoms with E-state index in [1.165, 1.54) is 11.0 Å². The Morgan fingerprint density at radius 3 is 2.87 bits per heavy atom. The lowest BCUT2D eigenvalue weighted by Gasteiger charge is -2.17. The Morgan fingerprint density at radius 2 is 2.27 bits per heavy atom. The van der Waals surface area contributed by atoms with Crippen molar-refractivity contribution in [2.75, 3.05) is 11.4 Å². The smallest absolute Gasteiger partial charge is 0.228 e. The summed E-state index contributed by atoms with van der Waals surface area (Å²) in [5, 5.41) is 0.00690. The van der Waals surface area contributed by atoms with Gasteiger partial charge in [-0.25, -0.2) is 4.39 Å². The number of benzene rings is 1. The van der Waals surface area contributed by atoms with Crippen molar-refractivity contribution in [3.8, 4) is 0 Å². The summed E-state index contributed by atoms with van der Waals surface area (Å²) < 4.78 is 13.2. The van der Waals surface area contributed by atoms with E-state index in [1.54, 1.807) is 12.1 Å². The van der Waals surface area contributed by atoms with Crippen LogP contribution in [-0.2, 0) is 4.79 Å². The van der Waals surface area contributed by atoms with Gasteiger partial charge in [-0.3, -0.25) is 4.79 Å². The van der Waals surface area contributed by atoms with Crippen molar-refractivity contribution in [2.45, 2.75) is 11.2 Å². The molecule has 1 aromatic carbocycles. The van der Waals surface area contributed by atoms with E-state index >= 15 is 0 Å². The molecule has 0 N–H and O–H groups in total. The van der Waals surface area contributed by atoms with Crippen LogP contribution < -0.4 is 4.90 Å². The Labute approximate surface area is 100 Å². The van der Waals surface area contributed by atoms with Crippen LogP contribution in [0.2, 0.25) is 5.02 Å². The molecule has 1 saturated heterocycles. The first-order valence-electron chi connectivity index (χ1n) is 4.48. The predicted octanol–water partition coefficient (Wildman–Crippen LogP) is 2.98. The molecule has 1 aromatic rings. The Morgan fingerprint density at radius 1 is 1.53 bits per heavy atom. The Bertz CT molecular complexity index is 412. The van der Waals surface area contributed by atoms with Crippen molar-refractivity contribution < 1.29 is 9.18 Å². The lowest BCUT2D eigenvalue weighted by Crippen LogP contribution is -2.25. The van der Waals surface area contributed by atoms with Crippen LogP contribution in [-0.4, -0.2) is 17.3 Å². The van der Waals surface area contributed by atoms with E-state index in [-0.39, 0.29) is 15.8 Å². The maximum absolute atomic E-state index is 13.2. The quantitative estimate of drug-likeness (QED) is 0.729. The number of rotatable bonds is 1. The van der Waals surface area contributed by atoms with Gasteiger partial charge in [0.1, 0.15) is 10.8 Å². The summed E-state index contributed by atoms with van der Waals surface area (Å²) in [4.78, 5) is 13.2. The normalized spacial score (nSPS) is 21.1. The number of hydrogen-bond acceptors (Lipinski definition) is 1. The second-order valence-corrected chi connectivity index (χ2v) is 5.05. The number of nitrogens with zero attached hydrogens (tertiary/aromatic N) is 1. The van der Waals surface area contributed by atoms with Crippen molar-refractivity contribution in [2.24, 2.45) is 0 Å². The molecule has 1 fully saturated rings. The van der Waals surface area contributed by atoms with Gasteiger partial charge in [0.25, 0.3) is 0 Å². The number of anilines is 1. The number of alkyl halides is 1. The monoisotopic (exact) mass is 291 g/mol. The van der Waals surface area contributed by atoms with Gasteiger partial charge in [0, 0.05) is 17.8 Å². The standard InChI is InChI=1S/C10H8BrClFNO/c11-6-4-9(15)14(5-6)8-3-1-2-7(13)10(8)12/h1-3,6H,4-5H2. The molecule has 1 amide bonds. The molecule has 0 aliphatic carbocycles. The fraction of sp³-hybridized carbons (Fsp3) is 0.300. The molecule has 1 aliphatic rings. The highest BCUT2D eigenvalue weighted by Crippen LogP contribution is 2.32. The summed E-state index contributed by atoms with van der Waals surface area (Å²) in [5.74, 6) is -0.538. The van der Waals surface area contributed by atoms with Gasteiger partial charge in [0.05, 0.1) is 5.69 Å². The van der Waals surface area contributed by atoms with Crippen molar-refractivity contribution in [3.63, 3.8) is 0 Å². The third-order valence-corrected chi connectivity index (χ3v) is 3.29. The molecule has 0 bridgehead atoms. The number of hydrogen-bond donors (Lipinski definition) is 0. The lowest BCUT2D eigenvalue weighted by atomic mass is 10.3. The van der Waals surface area contributed by atoms with E-state index in [4.69, 9.17) is 11.6 Å². The highest BCUT2D eigenvalue weighted by atomic mass is 79.9. The van der Waals surface area contributed by atoms with Crippen LogP contribution in [0.4, 0.5) is 10.1 Å². The first kappa shape index (κ1) is 10.9. The molecule has 0 aromatic heterocycles. The fourth-order valence-electron chi connectivity index (χ4n) is 1.60. The van der Waals surface area contributed by atoms with Gasteiger partial charge < -0.3 is 4.90 Å². The van der Waals surface area contributed by atoms with Crippen LogP contribution in [0.5, 0.6) is 0 Å². The molecule has 2 rings (SSSR count). The average molecular weight is 293 g/mol. The van der Waals surface area contributed by atoms with Gasteiger partial charge in [-0.1, -0.05) is 33.6 Å². The molecule has 0 radical (unpaired) electrons. The Kier molecular flexibility index (Phi) is 2.98. The first-order chi connectivity index (χ1) is 7.09. The topological polar surface area (TPSA) is 20.3 Å². The van der Waals surface area contributed by atoms with E-state index < -0.39 is 5.82 Å². The molecule has 1 unspecified atom stereocenters. The number of carbonyl (C=O) groups excluding carboxylic acids is 1. The van der Waals surface area contributed by atoms with Gasteiger partial charge in [-0.05, 0) is 12.1 Å². The molecule has 15 heavy (non-hydrogen) atoms.